The van der Waals surface area contributed by atoms with Gasteiger partial charge in [0.25, 0.3) is 5.91 Å². The molecule has 112 valence electrons. The molecule has 0 radical (unpaired) electrons. The van der Waals surface area contributed by atoms with Crippen molar-refractivity contribution in [2.45, 2.75) is 18.9 Å². The van der Waals surface area contributed by atoms with Crippen molar-refractivity contribution in [1.82, 2.24) is 25.2 Å². The average molecular weight is 410 g/mol. The summed E-state index contributed by atoms with van der Waals surface area (Å²) in [7, 11) is 0. The van der Waals surface area contributed by atoms with E-state index in [0.717, 1.165) is 22.4 Å². The molecule has 2 aromatic rings. The zero-order chi connectivity index (χ0) is 15.3. The van der Waals surface area contributed by atoms with Crippen LogP contribution < -0.4 is 16.0 Å². The first-order chi connectivity index (χ1) is 10.6. The fourth-order valence-corrected chi connectivity index (χ4v) is 2.75. The standard InChI is InChI=1S/C13H11IN6O2/c14-9-4-10(16-7-1-2-7)20-11(18-9)6(5-15-20)3-8-12(21)19-13(22)17-8/h3-5,7,16H,1-2H2,(H2,17,19,21,22)/b8-3-. The van der Waals surface area contributed by atoms with E-state index in [0.29, 0.717) is 17.3 Å². The Morgan fingerprint density at radius 3 is 2.86 bits per heavy atom. The van der Waals surface area contributed by atoms with Gasteiger partial charge in [0.1, 0.15) is 15.2 Å². The normalized spacial score (nSPS) is 19.6. The summed E-state index contributed by atoms with van der Waals surface area (Å²) >= 11 is 2.14. The minimum atomic E-state index is -0.522. The topological polar surface area (TPSA) is 100 Å². The van der Waals surface area contributed by atoms with Gasteiger partial charge in [-0.05, 0) is 41.5 Å². The summed E-state index contributed by atoms with van der Waals surface area (Å²) in [5.41, 5.74) is 1.50. The van der Waals surface area contributed by atoms with Crippen LogP contribution in [-0.2, 0) is 4.79 Å². The number of hydrogen-bond donors (Lipinski definition) is 3. The third kappa shape index (κ3) is 2.40. The van der Waals surface area contributed by atoms with E-state index < -0.39 is 11.9 Å². The minimum Gasteiger partial charge on any atom is -0.367 e. The Bertz CT molecular complexity index is 838. The maximum absolute atomic E-state index is 11.6. The van der Waals surface area contributed by atoms with Crippen LogP contribution in [-0.4, -0.2) is 32.6 Å². The summed E-state index contributed by atoms with van der Waals surface area (Å²) in [5.74, 6) is 0.424. The number of nitrogens with zero attached hydrogens (tertiary/aromatic N) is 3. The molecule has 0 bridgehead atoms. The van der Waals surface area contributed by atoms with Crippen LogP contribution in [0.3, 0.4) is 0 Å². The van der Waals surface area contributed by atoms with Crippen molar-refractivity contribution in [2.75, 3.05) is 5.32 Å². The van der Waals surface area contributed by atoms with Crippen LogP contribution in [0.15, 0.2) is 18.0 Å². The van der Waals surface area contributed by atoms with Crippen LogP contribution in [0.5, 0.6) is 0 Å². The highest BCUT2D eigenvalue weighted by molar-refractivity contribution is 14.1. The van der Waals surface area contributed by atoms with Crippen LogP contribution >= 0.6 is 22.6 Å². The second-order valence-corrected chi connectivity index (χ2v) is 6.29. The van der Waals surface area contributed by atoms with Crippen LogP contribution in [0.1, 0.15) is 18.4 Å². The molecule has 22 heavy (non-hydrogen) atoms. The van der Waals surface area contributed by atoms with Gasteiger partial charge in [-0.2, -0.15) is 9.61 Å². The molecule has 1 aliphatic carbocycles. The lowest BCUT2D eigenvalue weighted by molar-refractivity contribution is -0.115. The molecule has 1 saturated heterocycles. The number of rotatable bonds is 3. The monoisotopic (exact) mass is 410 g/mol. The second-order valence-electron chi connectivity index (χ2n) is 5.18. The molecular formula is C13H11IN6O2. The van der Waals surface area contributed by atoms with E-state index in [1.54, 1.807) is 16.8 Å². The first-order valence-electron chi connectivity index (χ1n) is 6.75. The van der Waals surface area contributed by atoms with Gasteiger partial charge in [0.15, 0.2) is 5.65 Å². The molecule has 2 aromatic heterocycles. The Hall–Kier alpha value is -2.17. The number of carbonyl (C=O) groups excluding carboxylic acids is 2. The van der Waals surface area contributed by atoms with Gasteiger partial charge < -0.3 is 10.6 Å². The Morgan fingerprint density at radius 2 is 2.18 bits per heavy atom. The number of imide groups is 1. The van der Waals surface area contributed by atoms with Gasteiger partial charge in [-0.25, -0.2) is 9.78 Å². The quantitative estimate of drug-likeness (QED) is 0.305. The van der Waals surface area contributed by atoms with Gasteiger partial charge in [0.2, 0.25) is 0 Å². The molecule has 4 rings (SSSR count). The van der Waals surface area contributed by atoms with Crippen LogP contribution in [0, 0.1) is 3.70 Å². The molecule has 9 heteroatoms. The highest BCUT2D eigenvalue weighted by Gasteiger charge is 2.25. The lowest BCUT2D eigenvalue weighted by Gasteiger charge is -2.07. The predicted octanol–water partition coefficient (Wildman–Crippen LogP) is 1.09. The lowest BCUT2D eigenvalue weighted by atomic mass is 10.2. The first kappa shape index (κ1) is 13.5. The van der Waals surface area contributed by atoms with Crippen molar-refractivity contribution in [1.29, 1.82) is 0 Å². The third-order valence-corrected chi connectivity index (χ3v) is 3.97. The Morgan fingerprint density at radius 1 is 1.36 bits per heavy atom. The van der Waals surface area contributed by atoms with Crippen LogP contribution in [0.2, 0.25) is 0 Å². The molecule has 0 unspecified atom stereocenters. The van der Waals surface area contributed by atoms with Crippen LogP contribution in [0.25, 0.3) is 11.7 Å². The SMILES string of the molecule is O=C1NC(=O)/C(=C/c2cnn3c(NC4CC4)cc(I)nc23)N1. The van der Waals surface area contributed by atoms with Gasteiger partial charge in [0, 0.05) is 17.7 Å². The molecule has 3 N–H and O–H groups in total. The van der Waals surface area contributed by atoms with Crippen molar-refractivity contribution >= 4 is 52.1 Å². The smallest absolute Gasteiger partial charge is 0.326 e. The maximum Gasteiger partial charge on any atom is 0.326 e. The lowest BCUT2D eigenvalue weighted by Crippen LogP contribution is -2.22. The molecule has 1 aliphatic heterocycles. The molecular weight excluding hydrogens is 399 g/mol. The summed E-state index contributed by atoms with van der Waals surface area (Å²) in [6.45, 7) is 0. The van der Waals surface area contributed by atoms with Gasteiger partial charge in [-0.1, -0.05) is 0 Å². The van der Waals surface area contributed by atoms with E-state index in [1.165, 1.54) is 0 Å². The third-order valence-electron chi connectivity index (χ3n) is 3.42. The largest absolute Gasteiger partial charge is 0.367 e. The zero-order valence-electron chi connectivity index (χ0n) is 11.3. The second kappa shape index (κ2) is 4.93. The summed E-state index contributed by atoms with van der Waals surface area (Å²) in [6, 6.07) is 1.90. The summed E-state index contributed by atoms with van der Waals surface area (Å²) in [4.78, 5) is 27.2. The number of hydrogen-bond acceptors (Lipinski definition) is 5. The molecule has 0 aromatic carbocycles. The number of urea groups is 1. The highest BCUT2D eigenvalue weighted by atomic mass is 127. The van der Waals surface area contributed by atoms with Crippen LogP contribution in [0.4, 0.5) is 10.6 Å². The molecule has 2 fully saturated rings. The predicted molar refractivity (Wildman–Crippen MR) is 87.0 cm³/mol. The molecule has 3 heterocycles. The van der Waals surface area contributed by atoms with E-state index in [2.05, 4.69) is 48.6 Å². The summed E-state index contributed by atoms with van der Waals surface area (Å²) in [6.07, 6.45) is 5.52. The van der Waals surface area contributed by atoms with Crippen molar-refractivity contribution < 1.29 is 9.59 Å². The summed E-state index contributed by atoms with van der Waals surface area (Å²) in [5, 5.41) is 12.4. The Balaban J connectivity index is 1.79. The van der Waals surface area contributed by atoms with E-state index in [9.17, 15) is 9.59 Å². The van der Waals surface area contributed by atoms with E-state index in [-0.39, 0.29) is 5.70 Å². The summed E-state index contributed by atoms with van der Waals surface area (Å²) < 4.78 is 2.54. The zero-order valence-corrected chi connectivity index (χ0v) is 13.4. The fourth-order valence-electron chi connectivity index (χ4n) is 2.23. The van der Waals surface area contributed by atoms with Crippen molar-refractivity contribution in [3.05, 3.63) is 27.2 Å². The molecule has 2 aliphatic rings. The van der Waals surface area contributed by atoms with E-state index in [4.69, 9.17) is 0 Å². The minimum absolute atomic E-state index is 0.192. The number of amides is 3. The van der Waals surface area contributed by atoms with Gasteiger partial charge in [0.05, 0.1) is 6.20 Å². The van der Waals surface area contributed by atoms with Gasteiger partial charge >= 0.3 is 6.03 Å². The number of halogens is 1. The van der Waals surface area contributed by atoms with Crippen molar-refractivity contribution in [3.63, 3.8) is 0 Å². The number of nitrogens with one attached hydrogen (secondary N) is 3. The van der Waals surface area contributed by atoms with Gasteiger partial charge in [-0.3, -0.25) is 10.1 Å². The van der Waals surface area contributed by atoms with Gasteiger partial charge in [-0.15, -0.1) is 0 Å². The number of anilines is 1. The molecule has 0 atom stereocenters. The van der Waals surface area contributed by atoms with E-state index >= 15 is 0 Å². The fraction of sp³-hybridized carbons (Fsp3) is 0.231. The van der Waals surface area contributed by atoms with E-state index in [1.807, 2.05) is 6.07 Å². The first-order valence-corrected chi connectivity index (χ1v) is 7.83. The number of aromatic nitrogens is 3. The average Bonchev–Trinajstić information content (AvgIpc) is 3.09. The van der Waals surface area contributed by atoms with Crippen molar-refractivity contribution in [2.24, 2.45) is 0 Å². The molecule has 1 saturated carbocycles. The number of fused-ring (bicyclic) bond motifs is 1. The molecule has 0 spiro atoms. The molecule has 3 amide bonds. The number of carbonyl (C=O) groups is 2. The molecule has 8 nitrogen and oxygen atoms in total. The Labute approximate surface area is 138 Å². The van der Waals surface area contributed by atoms with Crippen molar-refractivity contribution in [3.8, 4) is 0 Å². The maximum atomic E-state index is 11.6. The highest BCUT2D eigenvalue weighted by Crippen LogP contribution is 2.26. The Kier molecular flexibility index (Phi) is 3.03.